The Balaban J connectivity index is 1.76. The van der Waals surface area contributed by atoms with Gasteiger partial charge in [-0.25, -0.2) is 0 Å². The Morgan fingerprint density at radius 1 is 1.15 bits per heavy atom. The standard InChI is InChI=1S/C16H31N3O/c1-3-18(4-2)15-9-10-19(12-15)16(20)11-13-5-7-14(17)8-6-13/h13-15H,3-12,17H2,1-2H3. The molecule has 1 amide bonds. The van der Waals surface area contributed by atoms with Gasteiger partial charge in [-0.15, -0.1) is 0 Å². The summed E-state index contributed by atoms with van der Waals surface area (Å²) in [5.74, 6) is 0.954. The summed E-state index contributed by atoms with van der Waals surface area (Å²) < 4.78 is 0. The molecule has 2 N–H and O–H groups in total. The highest BCUT2D eigenvalue weighted by Gasteiger charge is 2.30. The maximum absolute atomic E-state index is 12.4. The van der Waals surface area contributed by atoms with Gasteiger partial charge >= 0.3 is 0 Å². The van der Waals surface area contributed by atoms with E-state index >= 15 is 0 Å². The number of likely N-dealkylation sites (tertiary alicyclic amines) is 1. The van der Waals surface area contributed by atoms with Gasteiger partial charge in [0.2, 0.25) is 5.91 Å². The molecule has 2 rings (SSSR count). The van der Waals surface area contributed by atoms with E-state index in [0.29, 0.717) is 23.9 Å². The first-order valence-corrected chi connectivity index (χ1v) is 8.41. The van der Waals surface area contributed by atoms with Crippen LogP contribution < -0.4 is 5.73 Å². The van der Waals surface area contributed by atoms with Gasteiger partial charge in [-0.05, 0) is 51.1 Å². The summed E-state index contributed by atoms with van der Waals surface area (Å²) in [5, 5.41) is 0. The van der Waals surface area contributed by atoms with E-state index in [1.54, 1.807) is 0 Å². The van der Waals surface area contributed by atoms with Gasteiger partial charge in [0.05, 0.1) is 0 Å². The Labute approximate surface area is 123 Å². The van der Waals surface area contributed by atoms with Crippen molar-refractivity contribution in [2.75, 3.05) is 26.2 Å². The summed E-state index contributed by atoms with van der Waals surface area (Å²) in [6.45, 7) is 8.48. The zero-order valence-corrected chi connectivity index (χ0v) is 13.2. The zero-order chi connectivity index (χ0) is 14.5. The number of carbonyl (C=O) groups is 1. The Kier molecular flexibility index (Phi) is 5.85. The summed E-state index contributed by atoms with van der Waals surface area (Å²) in [4.78, 5) is 17.0. The molecule has 0 aromatic rings. The molecule has 4 nitrogen and oxygen atoms in total. The van der Waals surface area contributed by atoms with E-state index in [1.165, 1.54) is 0 Å². The number of nitrogens with zero attached hydrogens (tertiary/aromatic N) is 2. The lowest BCUT2D eigenvalue weighted by molar-refractivity contribution is -0.131. The quantitative estimate of drug-likeness (QED) is 0.836. The number of hydrogen-bond acceptors (Lipinski definition) is 3. The fourth-order valence-corrected chi connectivity index (χ4v) is 3.77. The van der Waals surface area contributed by atoms with Gasteiger partial charge in [0.25, 0.3) is 0 Å². The van der Waals surface area contributed by atoms with Crippen molar-refractivity contribution < 1.29 is 4.79 Å². The van der Waals surface area contributed by atoms with Crippen LogP contribution in [0.3, 0.4) is 0 Å². The number of likely N-dealkylation sites (N-methyl/N-ethyl adjacent to an activating group) is 1. The molecule has 2 aliphatic rings. The summed E-state index contributed by atoms with van der Waals surface area (Å²) >= 11 is 0. The van der Waals surface area contributed by atoms with E-state index in [4.69, 9.17) is 5.73 Å². The SMILES string of the molecule is CCN(CC)C1CCN(C(=O)CC2CCC(N)CC2)C1. The second-order valence-corrected chi connectivity index (χ2v) is 6.49. The lowest BCUT2D eigenvalue weighted by Crippen LogP contribution is -2.39. The molecule has 0 aromatic heterocycles. The highest BCUT2D eigenvalue weighted by molar-refractivity contribution is 5.76. The number of rotatable bonds is 5. The van der Waals surface area contributed by atoms with E-state index in [9.17, 15) is 4.79 Å². The first-order chi connectivity index (χ1) is 9.63. The van der Waals surface area contributed by atoms with Crippen LogP contribution in [0.4, 0.5) is 0 Å². The van der Waals surface area contributed by atoms with Gasteiger partial charge in [0, 0.05) is 31.6 Å². The molecule has 2 fully saturated rings. The van der Waals surface area contributed by atoms with Crippen molar-refractivity contribution in [1.82, 2.24) is 9.80 Å². The molecule has 20 heavy (non-hydrogen) atoms. The second-order valence-electron chi connectivity index (χ2n) is 6.49. The van der Waals surface area contributed by atoms with Crippen LogP contribution in [0.15, 0.2) is 0 Å². The minimum absolute atomic E-state index is 0.375. The predicted molar refractivity (Wildman–Crippen MR) is 82.5 cm³/mol. The molecular weight excluding hydrogens is 250 g/mol. The molecule has 0 aromatic carbocycles. The zero-order valence-electron chi connectivity index (χ0n) is 13.2. The van der Waals surface area contributed by atoms with Crippen LogP contribution in [-0.4, -0.2) is 54.0 Å². The summed E-state index contributed by atoms with van der Waals surface area (Å²) in [7, 11) is 0. The minimum atomic E-state index is 0.375. The topological polar surface area (TPSA) is 49.6 Å². The van der Waals surface area contributed by atoms with Crippen LogP contribution in [0, 0.1) is 5.92 Å². The van der Waals surface area contributed by atoms with Gasteiger partial charge in [-0.1, -0.05) is 13.8 Å². The Morgan fingerprint density at radius 3 is 2.40 bits per heavy atom. The number of nitrogens with two attached hydrogens (primary N) is 1. The normalized spacial score (nSPS) is 31.0. The average Bonchev–Trinajstić information content (AvgIpc) is 2.92. The molecule has 1 saturated heterocycles. The second kappa shape index (κ2) is 7.41. The van der Waals surface area contributed by atoms with Crippen molar-refractivity contribution in [1.29, 1.82) is 0 Å². The minimum Gasteiger partial charge on any atom is -0.341 e. The van der Waals surface area contributed by atoms with Crippen LogP contribution >= 0.6 is 0 Å². The largest absolute Gasteiger partial charge is 0.341 e. The van der Waals surface area contributed by atoms with Gasteiger partial charge in [0.1, 0.15) is 0 Å². The molecule has 1 saturated carbocycles. The molecule has 0 bridgehead atoms. The Hall–Kier alpha value is -0.610. The molecule has 1 aliphatic heterocycles. The number of carbonyl (C=O) groups excluding carboxylic acids is 1. The lowest BCUT2D eigenvalue weighted by atomic mass is 9.84. The summed E-state index contributed by atoms with van der Waals surface area (Å²) in [5.41, 5.74) is 5.93. The third kappa shape index (κ3) is 3.95. The van der Waals surface area contributed by atoms with Gasteiger partial charge in [-0.2, -0.15) is 0 Å². The van der Waals surface area contributed by atoms with Crippen LogP contribution in [-0.2, 0) is 4.79 Å². The van der Waals surface area contributed by atoms with E-state index in [0.717, 1.165) is 64.7 Å². The fourth-order valence-electron chi connectivity index (χ4n) is 3.77. The Bertz CT molecular complexity index is 309. The molecule has 116 valence electrons. The first-order valence-electron chi connectivity index (χ1n) is 8.41. The van der Waals surface area contributed by atoms with Crippen LogP contribution in [0.1, 0.15) is 52.4 Å². The maximum atomic E-state index is 12.4. The van der Waals surface area contributed by atoms with Crippen molar-refractivity contribution in [2.45, 2.75) is 64.5 Å². The van der Waals surface area contributed by atoms with Crippen LogP contribution in [0.5, 0.6) is 0 Å². The highest BCUT2D eigenvalue weighted by atomic mass is 16.2. The van der Waals surface area contributed by atoms with Crippen molar-refractivity contribution in [3.63, 3.8) is 0 Å². The van der Waals surface area contributed by atoms with Crippen molar-refractivity contribution in [2.24, 2.45) is 11.7 Å². The maximum Gasteiger partial charge on any atom is 0.222 e. The van der Waals surface area contributed by atoms with Gasteiger partial charge < -0.3 is 10.6 Å². The molecule has 1 atom stereocenters. The molecule has 1 unspecified atom stereocenters. The highest BCUT2D eigenvalue weighted by Crippen LogP contribution is 2.27. The van der Waals surface area contributed by atoms with E-state index in [2.05, 4.69) is 23.6 Å². The summed E-state index contributed by atoms with van der Waals surface area (Å²) in [6.07, 6.45) is 6.36. The van der Waals surface area contributed by atoms with Crippen molar-refractivity contribution >= 4 is 5.91 Å². The molecule has 4 heteroatoms. The van der Waals surface area contributed by atoms with E-state index < -0.39 is 0 Å². The fraction of sp³-hybridized carbons (Fsp3) is 0.938. The van der Waals surface area contributed by atoms with Crippen LogP contribution in [0.2, 0.25) is 0 Å². The lowest BCUT2D eigenvalue weighted by Gasteiger charge is -2.28. The van der Waals surface area contributed by atoms with Crippen LogP contribution in [0.25, 0.3) is 0 Å². The molecular formula is C16H31N3O. The van der Waals surface area contributed by atoms with E-state index in [-0.39, 0.29) is 0 Å². The molecule has 0 radical (unpaired) electrons. The smallest absolute Gasteiger partial charge is 0.222 e. The third-order valence-electron chi connectivity index (χ3n) is 5.20. The van der Waals surface area contributed by atoms with Crippen molar-refractivity contribution in [3.8, 4) is 0 Å². The number of amides is 1. The molecule has 1 heterocycles. The van der Waals surface area contributed by atoms with Gasteiger partial charge in [-0.3, -0.25) is 9.69 Å². The monoisotopic (exact) mass is 281 g/mol. The van der Waals surface area contributed by atoms with Crippen molar-refractivity contribution in [3.05, 3.63) is 0 Å². The molecule has 0 spiro atoms. The third-order valence-corrected chi connectivity index (χ3v) is 5.20. The average molecular weight is 281 g/mol. The van der Waals surface area contributed by atoms with E-state index in [1.807, 2.05) is 0 Å². The summed E-state index contributed by atoms with van der Waals surface area (Å²) in [6, 6.07) is 0.953. The molecule has 1 aliphatic carbocycles. The number of hydrogen-bond donors (Lipinski definition) is 1. The first kappa shape index (κ1) is 15.8. The Morgan fingerprint density at radius 2 is 1.80 bits per heavy atom. The predicted octanol–water partition coefficient (Wildman–Crippen LogP) is 1.84. The van der Waals surface area contributed by atoms with Gasteiger partial charge in [0.15, 0.2) is 0 Å².